The van der Waals surface area contributed by atoms with Crippen molar-refractivity contribution in [2.24, 2.45) is 21.8 Å². The minimum atomic E-state index is 0.184. The average Bonchev–Trinajstić information content (AvgIpc) is 3.17. The van der Waals surface area contributed by atoms with Crippen molar-refractivity contribution in [2.75, 3.05) is 13.1 Å². The molecule has 2 atom stereocenters. The molecular formula is C18H24N2O2. The molecule has 1 aromatic rings. The van der Waals surface area contributed by atoms with Crippen LogP contribution in [-0.2, 0) is 9.47 Å². The molecule has 3 rings (SSSR count). The van der Waals surface area contributed by atoms with Crippen LogP contribution in [0.2, 0.25) is 0 Å². The van der Waals surface area contributed by atoms with Gasteiger partial charge in [0.25, 0.3) is 0 Å². The standard InChI is InChI=1S/C18H24N2O2/c1-11(2)15-9-19-17(21-15)13-6-5-7-14(8-13)18-20-10-16(22-18)12(3)4/h5-8,11-12,15-16H,9-10H2,1-4H3. The minimum Gasteiger partial charge on any atom is -0.472 e. The second-order valence-electron chi connectivity index (χ2n) is 6.67. The predicted molar refractivity (Wildman–Crippen MR) is 88.7 cm³/mol. The Morgan fingerprint density at radius 1 is 0.864 bits per heavy atom. The topological polar surface area (TPSA) is 43.2 Å². The molecule has 2 aliphatic rings. The Morgan fingerprint density at radius 3 is 1.68 bits per heavy atom. The quantitative estimate of drug-likeness (QED) is 0.856. The first-order chi connectivity index (χ1) is 10.5. The SMILES string of the molecule is CC(C)C1CN=C(c2cccc(C3=NCC(C(C)C)O3)c2)O1. The molecule has 4 heteroatoms. The van der Waals surface area contributed by atoms with E-state index in [9.17, 15) is 0 Å². The van der Waals surface area contributed by atoms with Gasteiger partial charge in [0, 0.05) is 11.1 Å². The number of rotatable bonds is 4. The molecule has 1 aromatic carbocycles. The summed E-state index contributed by atoms with van der Waals surface area (Å²) in [6, 6.07) is 8.12. The molecule has 0 spiro atoms. The van der Waals surface area contributed by atoms with Crippen molar-refractivity contribution in [1.29, 1.82) is 0 Å². The van der Waals surface area contributed by atoms with Gasteiger partial charge in [0.2, 0.25) is 11.8 Å². The maximum atomic E-state index is 5.96. The summed E-state index contributed by atoms with van der Waals surface area (Å²) in [5.74, 6) is 2.41. The van der Waals surface area contributed by atoms with Gasteiger partial charge in [-0.05, 0) is 30.0 Å². The van der Waals surface area contributed by atoms with Gasteiger partial charge in [-0.25, -0.2) is 9.98 Å². The number of aliphatic imine (C=N–C) groups is 2. The smallest absolute Gasteiger partial charge is 0.216 e. The summed E-state index contributed by atoms with van der Waals surface area (Å²) in [7, 11) is 0. The first-order valence-electron chi connectivity index (χ1n) is 8.07. The molecule has 0 radical (unpaired) electrons. The predicted octanol–water partition coefficient (Wildman–Crippen LogP) is 3.29. The molecule has 0 aromatic heterocycles. The fourth-order valence-electron chi connectivity index (χ4n) is 2.58. The monoisotopic (exact) mass is 300 g/mol. The van der Waals surface area contributed by atoms with Gasteiger partial charge in [0.05, 0.1) is 13.1 Å². The summed E-state index contributed by atoms with van der Waals surface area (Å²) in [6.45, 7) is 10.1. The third-order valence-electron chi connectivity index (χ3n) is 4.20. The molecule has 2 aliphatic heterocycles. The van der Waals surface area contributed by atoms with Crippen molar-refractivity contribution < 1.29 is 9.47 Å². The van der Waals surface area contributed by atoms with Crippen LogP contribution in [0, 0.1) is 11.8 Å². The van der Waals surface area contributed by atoms with Crippen molar-refractivity contribution >= 4 is 11.8 Å². The first kappa shape index (κ1) is 15.1. The maximum absolute atomic E-state index is 5.96. The summed E-state index contributed by atoms with van der Waals surface area (Å²) in [5, 5.41) is 0. The van der Waals surface area contributed by atoms with E-state index >= 15 is 0 Å². The van der Waals surface area contributed by atoms with Gasteiger partial charge in [0.15, 0.2) is 0 Å². The van der Waals surface area contributed by atoms with Crippen LogP contribution in [0.25, 0.3) is 0 Å². The second-order valence-corrected chi connectivity index (χ2v) is 6.67. The lowest BCUT2D eigenvalue weighted by Crippen LogP contribution is -2.20. The fourth-order valence-corrected chi connectivity index (χ4v) is 2.58. The Labute approximate surface area is 132 Å². The Bertz CT molecular complexity index is 556. The molecule has 0 saturated carbocycles. The maximum Gasteiger partial charge on any atom is 0.216 e. The lowest BCUT2D eigenvalue weighted by atomic mass is 10.1. The van der Waals surface area contributed by atoms with Crippen LogP contribution in [0.15, 0.2) is 34.3 Å². The Morgan fingerprint density at radius 2 is 1.32 bits per heavy atom. The highest BCUT2D eigenvalue weighted by molar-refractivity contribution is 6.00. The zero-order valence-corrected chi connectivity index (χ0v) is 13.7. The molecule has 0 bridgehead atoms. The number of nitrogens with zero attached hydrogens (tertiary/aromatic N) is 2. The van der Waals surface area contributed by atoms with Gasteiger partial charge in [-0.3, -0.25) is 0 Å². The number of hydrogen-bond acceptors (Lipinski definition) is 4. The van der Waals surface area contributed by atoms with Crippen LogP contribution in [0.4, 0.5) is 0 Å². The van der Waals surface area contributed by atoms with Crippen LogP contribution in [0.5, 0.6) is 0 Å². The largest absolute Gasteiger partial charge is 0.472 e. The molecule has 2 heterocycles. The first-order valence-corrected chi connectivity index (χ1v) is 8.07. The van der Waals surface area contributed by atoms with Gasteiger partial charge < -0.3 is 9.47 Å². The Balaban J connectivity index is 1.75. The zero-order chi connectivity index (χ0) is 15.7. The third-order valence-corrected chi connectivity index (χ3v) is 4.20. The zero-order valence-electron chi connectivity index (χ0n) is 13.7. The van der Waals surface area contributed by atoms with Crippen LogP contribution < -0.4 is 0 Å². The lowest BCUT2D eigenvalue weighted by Gasteiger charge is -2.16. The van der Waals surface area contributed by atoms with Gasteiger partial charge in [-0.15, -0.1) is 0 Å². The number of hydrogen-bond donors (Lipinski definition) is 0. The third kappa shape index (κ3) is 3.01. The van der Waals surface area contributed by atoms with E-state index in [1.807, 2.05) is 18.2 Å². The van der Waals surface area contributed by atoms with Crippen LogP contribution >= 0.6 is 0 Å². The highest BCUT2D eigenvalue weighted by Gasteiger charge is 2.26. The fraction of sp³-hybridized carbons (Fsp3) is 0.556. The van der Waals surface area contributed by atoms with Crippen molar-refractivity contribution in [2.45, 2.75) is 39.9 Å². The van der Waals surface area contributed by atoms with Gasteiger partial charge in [-0.2, -0.15) is 0 Å². The Kier molecular flexibility index (Phi) is 4.19. The van der Waals surface area contributed by atoms with E-state index in [0.717, 1.165) is 36.0 Å². The van der Waals surface area contributed by atoms with Crippen molar-refractivity contribution in [3.05, 3.63) is 35.4 Å². The van der Waals surface area contributed by atoms with Gasteiger partial charge >= 0.3 is 0 Å². The molecule has 0 saturated heterocycles. The summed E-state index contributed by atoms with van der Waals surface area (Å²) >= 11 is 0. The highest BCUT2D eigenvalue weighted by Crippen LogP contribution is 2.21. The van der Waals surface area contributed by atoms with E-state index in [1.165, 1.54) is 0 Å². The van der Waals surface area contributed by atoms with E-state index in [1.54, 1.807) is 0 Å². The number of ether oxygens (including phenoxy) is 2. The minimum absolute atomic E-state index is 0.184. The lowest BCUT2D eigenvalue weighted by molar-refractivity contribution is 0.171. The molecular weight excluding hydrogens is 276 g/mol. The number of benzene rings is 1. The summed E-state index contributed by atoms with van der Waals surface area (Å²) in [4.78, 5) is 9.07. The molecule has 118 valence electrons. The van der Waals surface area contributed by atoms with Crippen molar-refractivity contribution in [1.82, 2.24) is 0 Å². The van der Waals surface area contributed by atoms with E-state index in [2.05, 4.69) is 43.7 Å². The van der Waals surface area contributed by atoms with Gasteiger partial charge in [-0.1, -0.05) is 33.8 Å². The normalized spacial score (nSPS) is 24.3. The van der Waals surface area contributed by atoms with Crippen molar-refractivity contribution in [3.8, 4) is 0 Å². The van der Waals surface area contributed by atoms with E-state index in [4.69, 9.17) is 9.47 Å². The van der Waals surface area contributed by atoms with Crippen LogP contribution in [0.1, 0.15) is 38.8 Å². The molecule has 22 heavy (non-hydrogen) atoms. The molecule has 0 amide bonds. The van der Waals surface area contributed by atoms with E-state index in [0.29, 0.717) is 11.8 Å². The summed E-state index contributed by atoms with van der Waals surface area (Å²) < 4.78 is 11.9. The molecule has 0 aliphatic carbocycles. The Hall–Kier alpha value is -1.84. The van der Waals surface area contributed by atoms with Crippen molar-refractivity contribution in [3.63, 3.8) is 0 Å². The molecule has 0 fully saturated rings. The molecule has 4 nitrogen and oxygen atoms in total. The second kappa shape index (κ2) is 6.11. The van der Waals surface area contributed by atoms with E-state index < -0.39 is 0 Å². The average molecular weight is 300 g/mol. The molecule has 0 N–H and O–H groups in total. The highest BCUT2D eigenvalue weighted by atomic mass is 16.5. The summed E-state index contributed by atoms with van der Waals surface area (Å²) in [5.41, 5.74) is 2.00. The van der Waals surface area contributed by atoms with E-state index in [-0.39, 0.29) is 12.2 Å². The molecule has 2 unspecified atom stereocenters. The van der Waals surface area contributed by atoms with Gasteiger partial charge in [0.1, 0.15) is 12.2 Å². The van der Waals surface area contributed by atoms with Crippen LogP contribution in [-0.4, -0.2) is 37.1 Å². The van der Waals surface area contributed by atoms with Crippen LogP contribution in [0.3, 0.4) is 0 Å². The summed E-state index contributed by atoms with van der Waals surface area (Å²) in [6.07, 6.45) is 0.369.